The van der Waals surface area contributed by atoms with E-state index in [2.05, 4.69) is 25.9 Å². The number of fused-ring (bicyclic) bond motifs is 1. The first-order valence-corrected chi connectivity index (χ1v) is 3.99. The molecule has 1 amide bonds. The summed E-state index contributed by atoms with van der Waals surface area (Å²) >= 11 is 3.24. The second-order valence-electron chi connectivity index (χ2n) is 2.28. The van der Waals surface area contributed by atoms with Crippen LogP contribution in [0.4, 0.5) is 0 Å². The van der Waals surface area contributed by atoms with E-state index in [9.17, 15) is 4.79 Å². The molecule has 2 rings (SSSR count). The van der Waals surface area contributed by atoms with Gasteiger partial charge in [-0.1, -0.05) is 0 Å². The van der Waals surface area contributed by atoms with Crippen molar-refractivity contribution in [3.63, 3.8) is 0 Å². The van der Waals surface area contributed by atoms with Crippen LogP contribution in [0, 0.1) is 0 Å². The number of nitrogens with two attached hydrogens (primary N) is 1. The molecule has 2 heterocycles. The molecular formula is C6H5BrN4O. The summed E-state index contributed by atoms with van der Waals surface area (Å²) in [5.41, 5.74) is 5.51. The Morgan fingerprint density at radius 1 is 1.75 bits per heavy atom. The Hall–Kier alpha value is -1.30. The van der Waals surface area contributed by atoms with Crippen molar-refractivity contribution in [3.8, 4) is 0 Å². The Bertz CT molecular complexity index is 443. The molecule has 2 aromatic heterocycles. The molecule has 0 spiro atoms. The summed E-state index contributed by atoms with van der Waals surface area (Å²) in [5.74, 6) is 0.107. The highest BCUT2D eigenvalue weighted by molar-refractivity contribution is 9.10. The number of amides is 1. The molecule has 0 radical (unpaired) electrons. The molecule has 0 unspecified atom stereocenters. The number of aromatic amines is 1. The molecule has 0 aliphatic rings. The number of halogens is 1. The number of nitrogens with zero attached hydrogens (tertiary/aromatic N) is 2. The van der Waals surface area contributed by atoms with E-state index in [1.165, 1.54) is 6.20 Å². The molecule has 3 N–H and O–H groups in total. The smallest absolute Gasteiger partial charge is 0.267 e. The summed E-state index contributed by atoms with van der Waals surface area (Å²) in [6, 6.07) is 0. The van der Waals surface area contributed by atoms with E-state index in [0.717, 1.165) is 0 Å². The first-order chi connectivity index (χ1) is 5.70. The third-order valence-corrected chi connectivity index (χ3v) is 2.11. The predicted octanol–water partition coefficient (Wildman–Crippen LogP) is 0.524. The monoisotopic (exact) mass is 228 g/mol. The summed E-state index contributed by atoms with van der Waals surface area (Å²) in [6.45, 7) is 0. The average molecular weight is 229 g/mol. The Balaban J connectivity index is 2.83. The number of H-pyrrole nitrogens is 1. The molecule has 6 heteroatoms. The SMILES string of the molecule is NC(=O)c1c[nH]c2ncc(Br)n12. The normalized spacial score (nSPS) is 10.8. The van der Waals surface area contributed by atoms with E-state index in [1.54, 1.807) is 10.6 Å². The summed E-state index contributed by atoms with van der Waals surface area (Å²) < 4.78 is 2.30. The van der Waals surface area contributed by atoms with E-state index >= 15 is 0 Å². The highest BCUT2D eigenvalue weighted by Gasteiger charge is 2.11. The lowest BCUT2D eigenvalue weighted by molar-refractivity contribution is 0.0994. The molecule has 0 atom stereocenters. The van der Waals surface area contributed by atoms with Gasteiger partial charge in [0.15, 0.2) is 0 Å². The van der Waals surface area contributed by atoms with Gasteiger partial charge in [-0.15, -0.1) is 0 Å². The number of aromatic nitrogens is 3. The minimum absolute atomic E-state index is 0.384. The van der Waals surface area contributed by atoms with Crippen LogP contribution < -0.4 is 5.73 Å². The zero-order valence-corrected chi connectivity index (χ0v) is 7.50. The minimum atomic E-state index is -0.486. The van der Waals surface area contributed by atoms with Crippen molar-refractivity contribution in [1.82, 2.24) is 14.4 Å². The van der Waals surface area contributed by atoms with Crippen molar-refractivity contribution in [3.05, 3.63) is 22.7 Å². The highest BCUT2D eigenvalue weighted by Crippen LogP contribution is 2.14. The summed E-state index contributed by atoms with van der Waals surface area (Å²) in [7, 11) is 0. The number of hydrogen-bond acceptors (Lipinski definition) is 2. The summed E-state index contributed by atoms with van der Waals surface area (Å²) in [5, 5.41) is 0. The molecule has 0 aliphatic heterocycles. The van der Waals surface area contributed by atoms with Crippen LogP contribution >= 0.6 is 15.9 Å². The van der Waals surface area contributed by atoms with Gasteiger partial charge in [0.25, 0.3) is 5.91 Å². The van der Waals surface area contributed by atoms with Gasteiger partial charge in [0, 0.05) is 6.20 Å². The Labute approximate surface area is 75.7 Å². The molecule has 2 aromatic rings. The maximum absolute atomic E-state index is 10.9. The number of carbonyl (C=O) groups is 1. The first-order valence-electron chi connectivity index (χ1n) is 3.20. The number of rotatable bonds is 1. The standard InChI is InChI=1S/C6H5BrN4O/c7-4-2-10-6-9-1-3(5(8)12)11(4)6/h1-2H,(H2,8,12)(H,9,10). The van der Waals surface area contributed by atoms with Gasteiger partial charge in [-0.25, -0.2) is 4.98 Å². The average Bonchev–Trinajstić information content (AvgIpc) is 2.53. The number of carbonyl (C=O) groups excluding carboxylic acids is 1. The molecule has 0 bridgehead atoms. The van der Waals surface area contributed by atoms with Crippen LogP contribution in [-0.2, 0) is 0 Å². The van der Waals surface area contributed by atoms with Gasteiger partial charge in [-0.05, 0) is 15.9 Å². The molecule has 12 heavy (non-hydrogen) atoms. The molecule has 5 nitrogen and oxygen atoms in total. The predicted molar refractivity (Wildman–Crippen MR) is 45.8 cm³/mol. The Kier molecular flexibility index (Phi) is 1.44. The van der Waals surface area contributed by atoms with E-state index in [0.29, 0.717) is 16.1 Å². The van der Waals surface area contributed by atoms with Crippen molar-refractivity contribution >= 4 is 27.6 Å². The molecule has 0 aliphatic carbocycles. The third-order valence-electron chi connectivity index (χ3n) is 1.55. The maximum atomic E-state index is 10.9. The van der Waals surface area contributed by atoms with Crippen molar-refractivity contribution in [2.75, 3.05) is 0 Å². The van der Waals surface area contributed by atoms with Crippen LogP contribution in [0.5, 0.6) is 0 Å². The quantitative estimate of drug-likeness (QED) is 0.747. The fraction of sp³-hybridized carbons (Fsp3) is 0. The van der Waals surface area contributed by atoms with E-state index in [4.69, 9.17) is 5.73 Å². The third kappa shape index (κ3) is 0.845. The number of nitrogens with one attached hydrogen (secondary N) is 1. The van der Waals surface area contributed by atoms with Gasteiger partial charge in [-0.2, -0.15) is 0 Å². The topological polar surface area (TPSA) is 76.2 Å². The molecule has 0 aromatic carbocycles. The van der Waals surface area contributed by atoms with Gasteiger partial charge in [0.05, 0.1) is 6.20 Å². The first kappa shape index (κ1) is 7.35. The molecular weight excluding hydrogens is 224 g/mol. The van der Waals surface area contributed by atoms with Crippen LogP contribution in [0.2, 0.25) is 0 Å². The fourth-order valence-corrected chi connectivity index (χ4v) is 1.50. The second-order valence-corrected chi connectivity index (χ2v) is 3.09. The van der Waals surface area contributed by atoms with Crippen molar-refractivity contribution in [1.29, 1.82) is 0 Å². The van der Waals surface area contributed by atoms with Gasteiger partial charge in [-0.3, -0.25) is 9.20 Å². The zero-order chi connectivity index (χ0) is 8.72. The highest BCUT2D eigenvalue weighted by atomic mass is 79.9. The van der Waals surface area contributed by atoms with Crippen LogP contribution in [-0.4, -0.2) is 20.3 Å². The van der Waals surface area contributed by atoms with Crippen molar-refractivity contribution in [2.24, 2.45) is 5.73 Å². The summed E-state index contributed by atoms with van der Waals surface area (Å²) in [6.07, 6.45) is 3.12. The van der Waals surface area contributed by atoms with E-state index in [-0.39, 0.29) is 0 Å². The number of primary amides is 1. The molecule has 0 saturated heterocycles. The lowest BCUT2D eigenvalue weighted by atomic mass is 10.5. The maximum Gasteiger partial charge on any atom is 0.267 e. The van der Waals surface area contributed by atoms with E-state index in [1.807, 2.05) is 0 Å². The molecule has 0 fully saturated rings. The fourth-order valence-electron chi connectivity index (χ4n) is 1.04. The second kappa shape index (κ2) is 2.34. The minimum Gasteiger partial charge on any atom is -0.364 e. The zero-order valence-electron chi connectivity index (χ0n) is 5.91. The van der Waals surface area contributed by atoms with Crippen LogP contribution in [0.1, 0.15) is 10.5 Å². The van der Waals surface area contributed by atoms with Crippen LogP contribution in [0.3, 0.4) is 0 Å². The van der Waals surface area contributed by atoms with Crippen LogP contribution in [0.25, 0.3) is 5.78 Å². The van der Waals surface area contributed by atoms with Gasteiger partial charge >= 0.3 is 0 Å². The number of imidazole rings is 2. The Morgan fingerprint density at radius 3 is 3.17 bits per heavy atom. The largest absolute Gasteiger partial charge is 0.364 e. The van der Waals surface area contributed by atoms with E-state index < -0.39 is 5.91 Å². The van der Waals surface area contributed by atoms with Crippen molar-refractivity contribution in [2.45, 2.75) is 0 Å². The van der Waals surface area contributed by atoms with Gasteiger partial charge < -0.3 is 10.7 Å². The lowest BCUT2D eigenvalue weighted by Gasteiger charge is -1.91. The number of hydrogen-bond donors (Lipinski definition) is 2. The Morgan fingerprint density at radius 2 is 2.50 bits per heavy atom. The lowest BCUT2D eigenvalue weighted by Crippen LogP contribution is -2.13. The summed E-state index contributed by atoms with van der Waals surface area (Å²) in [4.78, 5) is 17.6. The van der Waals surface area contributed by atoms with Crippen LogP contribution in [0.15, 0.2) is 17.0 Å². The molecule has 0 saturated carbocycles. The van der Waals surface area contributed by atoms with Gasteiger partial charge in [0.2, 0.25) is 5.78 Å². The van der Waals surface area contributed by atoms with Crippen molar-refractivity contribution < 1.29 is 4.79 Å². The van der Waals surface area contributed by atoms with Gasteiger partial charge in [0.1, 0.15) is 10.3 Å². The molecule has 62 valence electrons.